The van der Waals surface area contributed by atoms with Crippen LogP contribution in [0.25, 0.3) is 0 Å². The zero-order valence-corrected chi connectivity index (χ0v) is 12.6. The van der Waals surface area contributed by atoms with E-state index in [1.165, 1.54) is 4.90 Å². The Morgan fingerprint density at radius 1 is 1.00 bits per heavy atom. The fraction of sp³-hybridized carbons (Fsp3) is 0.529. The third kappa shape index (κ3) is 2.33. The summed E-state index contributed by atoms with van der Waals surface area (Å²) in [7, 11) is 0. The molecule has 1 aliphatic carbocycles. The number of benzene rings is 1. The van der Waals surface area contributed by atoms with Crippen molar-refractivity contribution in [3.05, 3.63) is 23.3 Å². The average molecular weight is 287 g/mol. The summed E-state index contributed by atoms with van der Waals surface area (Å²) in [5.41, 5.74) is 1.97. The highest BCUT2D eigenvalue weighted by molar-refractivity contribution is 6.17. The molecule has 1 spiro atoms. The molecule has 1 saturated carbocycles. The smallest absolute Gasteiger partial charge is 0.234 e. The number of nitrogens with zero attached hydrogens (tertiary/aromatic N) is 1. The number of rotatable bonds is 1. The van der Waals surface area contributed by atoms with E-state index in [0.717, 1.165) is 31.2 Å². The van der Waals surface area contributed by atoms with Crippen LogP contribution in [0.2, 0.25) is 0 Å². The van der Waals surface area contributed by atoms with Crippen LogP contribution in [0.5, 0.6) is 5.75 Å². The minimum atomic E-state index is -0.0960. The number of carbonyl (C=O) groups is 2. The summed E-state index contributed by atoms with van der Waals surface area (Å²) < 4.78 is 0. The molecule has 1 saturated heterocycles. The Hall–Kier alpha value is -1.84. The maximum absolute atomic E-state index is 12.6. The SMILES string of the molecule is Cc1cc(N2C(=O)CC3(CCCC3)CC2=O)c(C)cc1O. The number of imide groups is 1. The Kier molecular flexibility index (Phi) is 3.27. The molecule has 0 aromatic heterocycles. The van der Waals surface area contributed by atoms with Gasteiger partial charge in [0.25, 0.3) is 0 Å². The van der Waals surface area contributed by atoms with E-state index >= 15 is 0 Å². The lowest BCUT2D eigenvalue weighted by molar-refractivity contribution is -0.133. The maximum atomic E-state index is 12.6. The van der Waals surface area contributed by atoms with Gasteiger partial charge in [-0.05, 0) is 55.4 Å². The molecule has 0 atom stereocenters. The largest absolute Gasteiger partial charge is 0.508 e. The zero-order chi connectivity index (χ0) is 15.2. The average Bonchev–Trinajstić information content (AvgIpc) is 2.82. The van der Waals surface area contributed by atoms with E-state index in [4.69, 9.17) is 0 Å². The van der Waals surface area contributed by atoms with Gasteiger partial charge < -0.3 is 5.11 Å². The molecule has 0 unspecified atom stereocenters. The number of piperidine rings is 1. The minimum Gasteiger partial charge on any atom is -0.508 e. The van der Waals surface area contributed by atoms with Crippen molar-refractivity contribution >= 4 is 17.5 Å². The van der Waals surface area contributed by atoms with Gasteiger partial charge >= 0.3 is 0 Å². The number of phenolic OH excluding ortho intramolecular Hbond substituents is 1. The molecule has 1 N–H and O–H groups in total. The number of hydrogen-bond acceptors (Lipinski definition) is 3. The van der Waals surface area contributed by atoms with Gasteiger partial charge in [-0.15, -0.1) is 0 Å². The van der Waals surface area contributed by atoms with E-state index in [1.54, 1.807) is 19.1 Å². The van der Waals surface area contributed by atoms with E-state index in [1.807, 2.05) is 6.92 Å². The summed E-state index contributed by atoms with van der Waals surface area (Å²) in [6, 6.07) is 3.35. The molecule has 3 rings (SSSR count). The van der Waals surface area contributed by atoms with Crippen molar-refractivity contribution in [1.82, 2.24) is 0 Å². The molecule has 112 valence electrons. The second-order valence-corrected chi connectivity index (χ2v) is 6.61. The van der Waals surface area contributed by atoms with Crippen molar-refractivity contribution in [2.75, 3.05) is 4.90 Å². The monoisotopic (exact) mass is 287 g/mol. The minimum absolute atomic E-state index is 0.0788. The molecule has 0 radical (unpaired) electrons. The van der Waals surface area contributed by atoms with Gasteiger partial charge in [-0.3, -0.25) is 14.5 Å². The summed E-state index contributed by atoms with van der Waals surface area (Å²) in [4.78, 5) is 26.4. The van der Waals surface area contributed by atoms with Crippen LogP contribution in [0.1, 0.15) is 49.7 Å². The normalized spacial score (nSPS) is 21.3. The van der Waals surface area contributed by atoms with Crippen LogP contribution >= 0.6 is 0 Å². The molecule has 2 amide bonds. The van der Waals surface area contributed by atoms with Crippen LogP contribution in [-0.4, -0.2) is 16.9 Å². The van der Waals surface area contributed by atoms with Gasteiger partial charge in [0.2, 0.25) is 11.8 Å². The van der Waals surface area contributed by atoms with Gasteiger partial charge in [0.15, 0.2) is 0 Å². The Morgan fingerprint density at radius 2 is 1.57 bits per heavy atom. The number of aryl methyl sites for hydroxylation is 2. The molecule has 1 heterocycles. The summed E-state index contributed by atoms with van der Waals surface area (Å²) in [6.45, 7) is 3.59. The zero-order valence-electron chi connectivity index (χ0n) is 12.6. The summed E-state index contributed by atoms with van der Waals surface area (Å²) in [5.74, 6) is 0.00287. The molecule has 1 aromatic carbocycles. The molecular formula is C17H21NO3. The number of carbonyl (C=O) groups excluding carboxylic acids is 2. The van der Waals surface area contributed by atoms with Crippen LogP contribution in [0, 0.1) is 19.3 Å². The summed E-state index contributed by atoms with van der Waals surface area (Å²) >= 11 is 0. The van der Waals surface area contributed by atoms with Gasteiger partial charge in [0.05, 0.1) is 5.69 Å². The third-order valence-corrected chi connectivity index (χ3v) is 4.97. The Bertz CT molecular complexity index is 595. The Morgan fingerprint density at radius 3 is 2.14 bits per heavy atom. The predicted molar refractivity (Wildman–Crippen MR) is 80.2 cm³/mol. The first kappa shape index (κ1) is 14.1. The Labute approximate surface area is 124 Å². The molecule has 4 heteroatoms. The second-order valence-electron chi connectivity index (χ2n) is 6.61. The molecule has 1 aromatic rings. The number of amides is 2. The fourth-order valence-electron chi connectivity index (χ4n) is 3.78. The molecular weight excluding hydrogens is 266 g/mol. The van der Waals surface area contributed by atoms with Crippen molar-refractivity contribution in [1.29, 1.82) is 0 Å². The maximum Gasteiger partial charge on any atom is 0.234 e. The predicted octanol–water partition coefficient (Wildman–Crippen LogP) is 3.22. The first-order valence-electron chi connectivity index (χ1n) is 7.58. The van der Waals surface area contributed by atoms with Gasteiger partial charge in [0, 0.05) is 12.8 Å². The highest BCUT2D eigenvalue weighted by atomic mass is 16.3. The number of anilines is 1. The van der Waals surface area contributed by atoms with Gasteiger partial charge in [-0.2, -0.15) is 0 Å². The van der Waals surface area contributed by atoms with E-state index in [9.17, 15) is 14.7 Å². The van der Waals surface area contributed by atoms with Crippen molar-refractivity contribution in [2.45, 2.75) is 52.4 Å². The highest BCUT2D eigenvalue weighted by Crippen LogP contribution is 2.48. The molecule has 4 nitrogen and oxygen atoms in total. The lowest BCUT2D eigenvalue weighted by Crippen LogP contribution is -2.47. The first-order valence-corrected chi connectivity index (χ1v) is 7.58. The molecule has 0 bridgehead atoms. The lowest BCUT2D eigenvalue weighted by atomic mass is 9.76. The molecule has 21 heavy (non-hydrogen) atoms. The second kappa shape index (κ2) is 4.86. The van der Waals surface area contributed by atoms with Crippen molar-refractivity contribution < 1.29 is 14.7 Å². The lowest BCUT2D eigenvalue weighted by Gasteiger charge is -2.37. The van der Waals surface area contributed by atoms with Gasteiger partial charge in [0.1, 0.15) is 5.75 Å². The third-order valence-electron chi connectivity index (χ3n) is 4.97. The standard InChI is InChI=1S/C17H21NO3/c1-11-8-14(19)12(2)7-13(11)18-15(20)9-17(10-16(18)21)5-3-4-6-17/h7-8,19H,3-6,9-10H2,1-2H3. The highest BCUT2D eigenvalue weighted by Gasteiger charge is 2.45. The van der Waals surface area contributed by atoms with E-state index in [-0.39, 0.29) is 23.0 Å². The molecule has 2 aliphatic rings. The molecule has 2 fully saturated rings. The van der Waals surface area contributed by atoms with Crippen molar-refractivity contribution in [3.8, 4) is 5.75 Å². The van der Waals surface area contributed by atoms with Crippen LogP contribution in [0.4, 0.5) is 5.69 Å². The number of phenols is 1. The van der Waals surface area contributed by atoms with Crippen LogP contribution in [0.15, 0.2) is 12.1 Å². The van der Waals surface area contributed by atoms with E-state index < -0.39 is 0 Å². The quantitative estimate of drug-likeness (QED) is 0.807. The van der Waals surface area contributed by atoms with Gasteiger partial charge in [-0.1, -0.05) is 12.8 Å². The van der Waals surface area contributed by atoms with Crippen molar-refractivity contribution in [3.63, 3.8) is 0 Å². The molecule has 1 aliphatic heterocycles. The first-order chi connectivity index (χ1) is 9.92. The van der Waals surface area contributed by atoms with Crippen LogP contribution in [0.3, 0.4) is 0 Å². The van der Waals surface area contributed by atoms with Gasteiger partial charge in [-0.25, -0.2) is 0 Å². The fourth-order valence-corrected chi connectivity index (χ4v) is 3.78. The van der Waals surface area contributed by atoms with Crippen LogP contribution in [-0.2, 0) is 9.59 Å². The van der Waals surface area contributed by atoms with Crippen molar-refractivity contribution in [2.24, 2.45) is 5.41 Å². The summed E-state index contributed by atoms with van der Waals surface area (Å²) in [5, 5.41) is 9.73. The topological polar surface area (TPSA) is 57.6 Å². The number of aromatic hydroxyl groups is 1. The van der Waals surface area contributed by atoms with E-state index in [2.05, 4.69) is 0 Å². The van der Waals surface area contributed by atoms with Crippen LogP contribution < -0.4 is 4.90 Å². The number of hydrogen-bond donors (Lipinski definition) is 1. The van der Waals surface area contributed by atoms with E-state index in [0.29, 0.717) is 24.1 Å². The summed E-state index contributed by atoms with van der Waals surface area (Å²) in [6.07, 6.45) is 5.17. The Balaban J connectivity index is 1.95.